The first kappa shape index (κ1) is 15.8. The highest BCUT2D eigenvalue weighted by atomic mass is 32.1. The zero-order valence-corrected chi connectivity index (χ0v) is 15.7. The summed E-state index contributed by atoms with van der Waals surface area (Å²) in [6, 6.07) is 8.06. The summed E-state index contributed by atoms with van der Waals surface area (Å²) < 4.78 is 2.07. The molecule has 5 nitrogen and oxygen atoms in total. The van der Waals surface area contributed by atoms with Crippen molar-refractivity contribution in [3.63, 3.8) is 0 Å². The van der Waals surface area contributed by atoms with Crippen molar-refractivity contribution in [2.45, 2.75) is 32.6 Å². The highest BCUT2D eigenvalue weighted by Crippen LogP contribution is 2.35. The van der Waals surface area contributed by atoms with E-state index in [-0.39, 0.29) is 5.56 Å². The summed E-state index contributed by atoms with van der Waals surface area (Å²) in [6.07, 6.45) is 3.73. The molecule has 132 valence electrons. The van der Waals surface area contributed by atoms with Gasteiger partial charge in [0.1, 0.15) is 16.5 Å². The zero-order valence-electron chi connectivity index (χ0n) is 14.9. The lowest BCUT2D eigenvalue weighted by atomic mass is 9.89. The number of hydrogen-bond donors (Lipinski definition) is 1. The van der Waals surface area contributed by atoms with Crippen LogP contribution < -0.4 is 5.56 Å². The van der Waals surface area contributed by atoms with E-state index in [2.05, 4.69) is 22.5 Å². The van der Waals surface area contributed by atoms with Crippen LogP contribution in [0.2, 0.25) is 0 Å². The van der Waals surface area contributed by atoms with E-state index in [1.807, 2.05) is 25.2 Å². The summed E-state index contributed by atoms with van der Waals surface area (Å²) in [5.74, 6) is 2.28. The number of imidazole rings is 1. The molecule has 0 aliphatic heterocycles. The Kier molecular flexibility index (Phi) is 3.50. The molecule has 0 saturated heterocycles. The molecule has 1 N–H and O–H groups in total. The number of rotatable bonds is 2. The number of fused-ring (bicyclic) bond motifs is 4. The van der Waals surface area contributed by atoms with Gasteiger partial charge in [-0.2, -0.15) is 0 Å². The van der Waals surface area contributed by atoms with Gasteiger partial charge in [-0.1, -0.05) is 19.1 Å². The van der Waals surface area contributed by atoms with E-state index in [0.29, 0.717) is 18.2 Å². The molecule has 1 atom stereocenters. The largest absolute Gasteiger partial charge is 0.331 e. The van der Waals surface area contributed by atoms with E-state index in [1.165, 1.54) is 10.4 Å². The van der Waals surface area contributed by atoms with Crippen molar-refractivity contribution in [1.29, 1.82) is 0 Å². The van der Waals surface area contributed by atoms with Gasteiger partial charge in [-0.3, -0.25) is 4.79 Å². The van der Waals surface area contributed by atoms with Crippen molar-refractivity contribution < 1.29 is 0 Å². The minimum atomic E-state index is -0.00387. The maximum Gasteiger partial charge on any atom is 0.259 e. The van der Waals surface area contributed by atoms with E-state index in [1.54, 1.807) is 11.3 Å². The fourth-order valence-electron chi connectivity index (χ4n) is 3.98. The van der Waals surface area contributed by atoms with Crippen molar-refractivity contribution in [2.75, 3.05) is 0 Å². The summed E-state index contributed by atoms with van der Waals surface area (Å²) in [7, 11) is 2.01. The van der Waals surface area contributed by atoms with Crippen molar-refractivity contribution in [2.24, 2.45) is 13.0 Å². The summed E-state index contributed by atoms with van der Waals surface area (Å²) in [6.45, 7) is 2.28. The molecule has 0 fully saturated rings. The number of para-hydroxylation sites is 2. The van der Waals surface area contributed by atoms with E-state index in [4.69, 9.17) is 9.97 Å². The molecule has 0 amide bonds. The number of thiophene rings is 1. The minimum Gasteiger partial charge on any atom is -0.331 e. The normalized spacial score (nSPS) is 17.1. The first-order valence-corrected chi connectivity index (χ1v) is 9.85. The average molecular weight is 364 g/mol. The molecule has 1 aromatic carbocycles. The lowest BCUT2D eigenvalue weighted by molar-refractivity contribution is 0.509. The average Bonchev–Trinajstić information content (AvgIpc) is 3.13. The van der Waals surface area contributed by atoms with Crippen molar-refractivity contribution in [3.8, 4) is 0 Å². The van der Waals surface area contributed by atoms with Crippen molar-refractivity contribution in [3.05, 3.63) is 56.7 Å². The molecule has 0 radical (unpaired) electrons. The Morgan fingerprint density at radius 2 is 2.15 bits per heavy atom. The lowest BCUT2D eigenvalue weighted by Crippen LogP contribution is -2.15. The first-order valence-electron chi connectivity index (χ1n) is 9.04. The van der Waals surface area contributed by atoms with E-state index in [9.17, 15) is 4.79 Å². The van der Waals surface area contributed by atoms with Crippen LogP contribution in [0.3, 0.4) is 0 Å². The van der Waals surface area contributed by atoms with Crippen LogP contribution in [0.1, 0.15) is 35.4 Å². The van der Waals surface area contributed by atoms with Gasteiger partial charge in [-0.05, 0) is 42.9 Å². The second-order valence-electron chi connectivity index (χ2n) is 7.30. The fraction of sp³-hybridized carbons (Fsp3) is 0.350. The van der Waals surface area contributed by atoms with Crippen molar-refractivity contribution in [1.82, 2.24) is 19.5 Å². The molecule has 0 bridgehead atoms. The van der Waals surface area contributed by atoms with E-state index >= 15 is 0 Å². The number of aromatic amines is 1. The molecular weight excluding hydrogens is 344 g/mol. The number of aryl methyl sites for hydroxylation is 2. The predicted octanol–water partition coefficient (Wildman–Crippen LogP) is 3.59. The molecule has 6 heteroatoms. The number of benzene rings is 1. The van der Waals surface area contributed by atoms with Gasteiger partial charge in [0.05, 0.1) is 22.8 Å². The molecule has 0 unspecified atom stereocenters. The third-order valence-corrected chi connectivity index (χ3v) is 6.57. The van der Waals surface area contributed by atoms with Gasteiger partial charge in [0.15, 0.2) is 0 Å². The number of nitrogens with one attached hydrogen (secondary N) is 1. The van der Waals surface area contributed by atoms with E-state index in [0.717, 1.165) is 46.3 Å². The molecular formula is C20H20N4OS. The van der Waals surface area contributed by atoms with Gasteiger partial charge in [-0.25, -0.2) is 9.97 Å². The van der Waals surface area contributed by atoms with Crippen LogP contribution in [0, 0.1) is 5.92 Å². The van der Waals surface area contributed by atoms with Gasteiger partial charge in [0.25, 0.3) is 5.56 Å². The summed E-state index contributed by atoms with van der Waals surface area (Å²) in [4.78, 5) is 27.4. The Morgan fingerprint density at radius 1 is 1.31 bits per heavy atom. The number of H-pyrrole nitrogens is 1. The summed E-state index contributed by atoms with van der Waals surface area (Å²) in [5.41, 5.74) is 3.28. The fourth-order valence-corrected chi connectivity index (χ4v) is 5.38. The van der Waals surface area contributed by atoms with Crippen LogP contribution in [-0.4, -0.2) is 19.5 Å². The number of aromatic nitrogens is 4. The summed E-state index contributed by atoms with van der Waals surface area (Å²) >= 11 is 1.69. The Balaban J connectivity index is 1.59. The van der Waals surface area contributed by atoms with Crippen molar-refractivity contribution >= 4 is 32.6 Å². The Bertz CT molecular complexity index is 1200. The monoisotopic (exact) mass is 364 g/mol. The minimum absolute atomic E-state index is 0.00387. The van der Waals surface area contributed by atoms with Gasteiger partial charge in [0, 0.05) is 11.9 Å². The molecule has 1 aliphatic carbocycles. The highest BCUT2D eigenvalue weighted by molar-refractivity contribution is 7.18. The number of nitrogens with zero attached hydrogens (tertiary/aromatic N) is 3. The standard InChI is InChI=1S/C20H20N4OS/c1-11-7-8-12-15(9-11)26-20-18(12)19(25)22-16(23-20)10-17-21-13-5-3-4-6-14(13)24(17)2/h3-6,11H,7-10H2,1-2H3,(H,22,23,25)/t11-/m1/s1. The lowest BCUT2D eigenvalue weighted by Gasteiger charge is -2.17. The molecule has 0 spiro atoms. The molecule has 0 saturated carbocycles. The summed E-state index contributed by atoms with van der Waals surface area (Å²) in [5, 5.41) is 0.811. The van der Waals surface area contributed by atoms with Crippen LogP contribution in [0.5, 0.6) is 0 Å². The third-order valence-electron chi connectivity index (χ3n) is 5.42. The zero-order chi connectivity index (χ0) is 17.8. The molecule has 3 heterocycles. The molecule has 3 aromatic heterocycles. The predicted molar refractivity (Wildman–Crippen MR) is 105 cm³/mol. The van der Waals surface area contributed by atoms with Gasteiger partial charge in [0.2, 0.25) is 0 Å². The topological polar surface area (TPSA) is 63.6 Å². The Morgan fingerprint density at radius 3 is 3.00 bits per heavy atom. The second-order valence-corrected chi connectivity index (χ2v) is 8.38. The van der Waals surface area contributed by atoms with Crippen LogP contribution in [-0.2, 0) is 26.3 Å². The first-order chi connectivity index (χ1) is 12.6. The smallest absolute Gasteiger partial charge is 0.259 e. The number of hydrogen-bond acceptors (Lipinski definition) is 4. The van der Waals surface area contributed by atoms with Crippen LogP contribution in [0.4, 0.5) is 0 Å². The second kappa shape index (κ2) is 5.77. The Labute approximate surface area is 154 Å². The van der Waals surface area contributed by atoms with Gasteiger partial charge >= 0.3 is 0 Å². The quantitative estimate of drug-likeness (QED) is 0.591. The molecule has 4 aromatic rings. The maximum absolute atomic E-state index is 12.7. The highest BCUT2D eigenvalue weighted by Gasteiger charge is 2.23. The molecule has 1 aliphatic rings. The maximum atomic E-state index is 12.7. The van der Waals surface area contributed by atoms with Crippen LogP contribution in [0.25, 0.3) is 21.3 Å². The molecule has 26 heavy (non-hydrogen) atoms. The Hall–Kier alpha value is -2.47. The SMILES string of the molecule is C[C@@H]1CCc2c(sc3nc(Cc4nc5ccccc5n4C)[nH]c(=O)c23)C1. The van der Waals surface area contributed by atoms with Crippen LogP contribution >= 0.6 is 11.3 Å². The van der Waals surface area contributed by atoms with Gasteiger partial charge < -0.3 is 9.55 Å². The van der Waals surface area contributed by atoms with Crippen LogP contribution in [0.15, 0.2) is 29.1 Å². The third kappa shape index (κ3) is 2.40. The molecule has 5 rings (SSSR count). The van der Waals surface area contributed by atoms with E-state index < -0.39 is 0 Å². The van der Waals surface area contributed by atoms with Gasteiger partial charge in [-0.15, -0.1) is 11.3 Å².